The third kappa shape index (κ3) is 3.56. The minimum Gasteiger partial charge on any atom is -0.355 e. The first-order chi connectivity index (χ1) is 13.1. The SMILES string of the molecule is Cc1c(F)ccc([C@H]2CNC(=O)[C@@H]2C(=O)Nc2ccccc2C(F)(F)F)c1F. The Labute approximate surface area is 156 Å². The predicted molar refractivity (Wildman–Crippen MR) is 90.4 cm³/mol. The summed E-state index contributed by atoms with van der Waals surface area (Å²) in [6.07, 6.45) is -4.71. The maximum atomic E-state index is 14.5. The second kappa shape index (κ2) is 7.21. The van der Waals surface area contributed by atoms with E-state index in [1.54, 1.807) is 0 Å². The highest BCUT2D eigenvalue weighted by Gasteiger charge is 2.43. The lowest BCUT2D eigenvalue weighted by Gasteiger charge is -2.20. The summed E-state index contributed by atoms with van der Waals surface area (Å²) < 4.78 is 67.3. The number of benzene rings is 2. The molecule has 1 saturated heterocycles. The van der Waals surface area contributed by atoms with Gasteiger partial charge < -0.3 is 10.6 Å². The van der Waals surface area contributed by atoms with Crippen LogP contribution in [0.3, 0.4) is 0 Å². The van der Waals surface area contributed by atoms with E-state index in [2.05, 4.69) is 10.6 Å². The summed E-state index contributed by atoms with van der Waals surface area (Å²) >= 11 is 0. The minimum atomic E-state index is -4.71. The van der Waals surface area contributed by atoms with Crippen LogP contribution in [0, 0.1) is 24.5 Å². The molecule has 0 radical (unpaired) electrons. The highest BCUT2D eigenvalue weighted by molar-refractivity contribution is 6.08. The Morgan fingerprint density at radius 2 is 1.82 bits per heavy atom. The second-order valence-corrected chi connectivity index (χ2v) is 6.44. The summed E-state index contributed by atoms with van der Waals surface area (Å²) in [7, 11) is 0. The van der Waals surface area contributed by atoms with Gasteiger partial charge in [-0.1, -0.05) is 18.2 Å². The number of nitrogens with one attached hydrogen (secondary N) is 2. The zero-order valence-electron chi connectivity index (χ0n) is 14.5. The molecule has 1 heterocycles. The van der Waals surface area contributed by atoms with E-state index in [0.717, 1.165) is 24.3 Å². The van der Waals surface area contributed by atoms with E-state index in [0.29, 0.717) is 0 Å². The Bertz CT molecular complexity index is 942. The van der Waals surface area contributed by atoms with Crippen LogP contribution in [0.4, 0.5) is 27.6 Å². The predicted octanol–water partition coefficient (Wildman–Crippen LogP) is 3.76. The molecule has 1 aliphatic rings. The molecule has 2 aromatic rings. The number of carbonyl (C=O) groups is 2. The molecular formula is C19H15F5N2O2. The first kappa shape index (κ1) is 19.8. The van der Waals surface area contributed by atoms with Crippen molar-refractivity contribution in [2.45, 2.75) is 19.0 Å². The summed E-state index contributed by atoms with van der Waals surface area (Å²) in [5, 5.41) is 4.53. The molecule has 28 heavy (non-hydrogen) atoms. The quantitative estimate of drug-likeness (QED) is 0.611. The fraction of sp³-hybridized carbons (Fsp3) is 0.263. The molecule has 0 aromatic heterocycles. The van der Waals surface area contributed by atoms with Crippen LogP contribution in [0.1, 0.15) is 22.6 Å². The fourth-order valence-corrected chi connectivity index (χ4v) is 3.23. The van der Waals surface area contributed by atoms with E-state index in [1.807, 2.05) is 0 Å². The van der Waals surface area contributed by atoms with Crippen LogP contribution in [0.5, 0.6) is 0 Å². The fourth-order valence-electron chi connectivity index (χ4n) is 3.23. The molecule has 3 rings (SSSR count). The minimum absolute atomic E-state index is 0.0542. The van der Waals surface area contributed by atoms with Crippen LogP contribution in [0.25, 0.3) is 0 Å². The Balaban J connectivity index is 1.93. The van der Waals surface area contributed by atoms with Crippen molar-refractivity contribution < 1.29 is 31.5 Å². The van der Waals surface area contributed by atoms with E-state index in [9.17, 15) is 31.5 Å². The molecule has 9 heteroatoms. The molecule has 0 unspecified atom stereocenters. The van der Waals surface area contributed by atoms with E-state index in [4.69, 9.17) is 0 Å². The summed E-state index contributed by atoms with van der Waals surface area (Å²) in [5.41, 5.74) is -1.89. The van der Waals surface area contributed by atoms with Gasteiger partial charge in [-0.3, -0.25) is 9.59 Å². The molecule has 0 bridgehead atoms. The Hall–Kier alpha value is -2.97. The Kier molecular flexibility index (Phi) is 5.10. The van der Waals surface area contributed by atoms with Crippen molar-refractivity contribution in [3.63, 3.8) is 0 Å². The monoisotopic (exact) mass is 398 g/mol. The Morgan fingerprint density at radius 1 is 1.14 bits per heavy atom. The highest BCUT2D eigenvalue weighted by Crippen LogP contribution is 2.37. The van der Waals surface area contributed by atoms with Gasteiger partial charge in [0.1, 0.15) is 17.6 Å². The van der Waals surface area contributed by atoms with Gasteiger partial charge in [-0.15, -0.1) is 0 Å². The topological polar surface area (TPSA) is 58.2 Å². The number of para-hydroxylation sites is 1. The molecule has 2 atom stereocenters. The van der Waals surface area contributed by atoms with Crippen molar-refractivity contribution in [2.24, 2.45) is 5.92 Å². The molecule has 0 saturated carbocycles. The van der Waals surface area contributed by atoms with Gasteiger partial charge in [0.15, 0.2) is 0 Å². The zero-order valence-corrected chi connectivity index (χ0v) is 14.5. The molecule has 2 amide bonds. The molecule has 148 valence electrons. The lowest BCUT2D eigenvalue weighted by molar-refractivity contribution is -0.137. The van der Waals surface area contributed by atoms with Crippen molar-refractivity contribution in [2.75, 3.05) is 11.9 Å². The third-order valence-corrected chi connectivity index (χ3v) is 4.70. The molecule has 4 nitrogen and oxygen atoms in total. The average Bonchev–Trinajstić information content (AvgIpc) is 3.01. The first-order valence-corrected chi connectivity index (χ1v) is 8.30. The van der Waals surface area contributed by atoms with Gasteiger partial charge in [-0.05, 0) is 30.7 Å². The number of carbonyl (C=O) groups excluding carboxylic acids is 2. The van der Waals surface area contributed by atoms with E-state index in [-0.39, 0.29) is 17.7 Å². The second-order valence-electron chi connectivity index (χ2n) is 6.44. The van der Waals surface area contributed by atoms with Crippen LogP contribution in [-0.4, -0.2) is 18.4 Å². The van der Waals surface area contributed by atoms with Crippen molar-refractivity contribution in [1.82, 2.24) is 5.32 Å². The molecule has 1 aliphatic heterocycles. The lowest BCUT2D eigenvalue weighted by atomic mass is 9.86. The molecule has 2 aromatic carbocycles. The molecular weight excluding hydrogens is 383 g/mol. The van der Waals surface area contributed by atoms with Gasteiger partial charge in [-0.2, -0.15) is 13.2 Å². The third-order valence-electron chi connectivity index (χ3n) is 4.70. The Morgan fingerprint density at radius 3 is 2.50 bits per heavy atom. The largest absolute Gasteiger partial charge is 0.418 e. The summed E-state index contributed by atoms with van der Waals surface area (Å²) in [5.74, 6) is -5.86. The maximum Gasteiger partial charge on any atom is 0.418 e. The van der Waals surface area contributed by atoms with Crippen LogP contribution in [-0.2, 0) is 15.8 Å². The van der Waals surface area contributed by atoms with Crippen molar-refractivity contribution in [3.8, 4) is 0 Å². The number of hydrogen-bond acceptors (Lipinski definition) is 2. The first-order valence-electron chi connectivity index (χ1n) is 8.30. The van der Waals surface area contributed by atoms with Crippen LogP contribution >= 0.6 is 0 Å². The van der Waals surface area contributed by atoms with E-state index < -0.39 is 52.7 Å². The van der Waals surface area contributed by atoms with Crippen molar-refractivity contribution in [1.29, 1.82) is 0 Å². The van der Waals surface area contributed by atoms with Gasteiger partial charge in [0.05, 0.1) is 11.3 Å². The van der Waals surface area contributed by atoms with Crippen molar-refractivity contribution in [3.05, 3.63) is 64.7 Å². The maximum absolute atomic E-state index is 14.5. The van der Waals surface area contributed by atoms with Gasteiger partial charge in [0, 0.05) is 18.0 Å². The van der Waals surface area contributed by atoms with E-state index in [1.165, 1.54) is 19.1 Å². The molecule has 2 N–H and O–H groups in total. The number of amides is 2. The normalized spacial score (nSPS) is 19.4. The van der Waals surface area contributed by atoms with Crippen LogP contribution in [0.15, 0.2) is 36.4 Å². The van der Waals surface area contributed by atoms with Gasteiger partial charge in [0.25, 0.3) is 0 Å². The smallest absolute Gasteiger partial charge is 0.355 e. The molecule has 0 spiro atoms. The van der Waals surface area contributed by atoms with Crippen LogP contribution < -0.4 is 10.6 Å². The van der Waals surface area contributed by atoms with Gasteiger partial charge >= 0.3 is 6.18 Å². The van der Waals surface area contributed by atoms with Gasteiger partial charge in [-0.25, -0.2) is 8.78 Å². The average molecular weight is 398 g/mol. The zero-order chi connectivity index (χ0) is 20.6. The van der Waals surface area contributed by atoms with Crippen LogP contribution in [0.2, 0.25) is 0 Å². The molecule has 0 aliphatic carbocycles. The standard InChI is InChI=1S/C19H15F5N2O2/c1-9-13(20)7-6-10(16(9)21)11-8-25-17(27)15(11)18(28)26-14-5-3-2-4-12(14)19(22,23)24/h2-7,11,15H,8H2,1H3,(H,25,27)(H,26,28)/t11-,15-/m1/s1. The van der Waals surface area contributed by atoms with Crippen molar-refractivity contribution >= 4 is 17.5 Å². The number of hydrogen-bond donors (Lipinski definition) is 2. The summed E-state index contributed by atoms with van der Waals surface area (Å²) in [6.45, 7) is 1.12. The number of anilines is 1. The molecule has 1 fully saturated rings. The highest BCUT2D eigenvalue weighted by atomic mass is 19.4. The number of halogens is 5. The van der Waals surface area contributed by atoms with E-state index >= 15 is 0 Å². The number of rotatable bonds is 3. The van der Waals surface area contributed by atoms with Gasteiger partial charge in [0.2, 0.25) is 11.8 Å². The summed E-state index contributed by atoms with van der Waals surface area (Å²) in [4.78, 5) is 24.8. The lowest BCUT2D eigenvalue weighted by Crippen LogP contribution is -2.33. The summed E-state index contributed by atoms with van der Waals surface area (Å²) in [6, 6.07) is 6.48. The number of alkyl halides is 3.